The third-order valence-corrected chi connectivity index (χ3v) is 7.11. The SMILES string of the molecule is CCCN1CCC(c2nn(C)c3nc(O[C@@H]4O[C@H](C(=O)OC)[C@@H](O)[C@H](O)[C@H]4O)c4ccccc4c23)C1. The maximum absolute atomic E-state index is 12.1. The molecule has 0 saturated carbocycles. The number of aromatic nitrogens is 3. The number of hydrogen-bond acceptors (Lipinski definition) is 10. The predicted octanol–water partition coefficient (Wildman–Crippen LogP) is 0.680. The van der Waals surface area contributed by atoms with E-state index in [2.05, 4.69) is 16.6 Å². The second kappa shape index (κ2) is 9.91. The van der Waals surface area contributed by atoms with Crippen LogP contribution in [-0.4, -0.2) is 98.4 Å². The maximum atomic E-state index is 12.1. The summed E-state index contributed by atoms with van der Waals surface area (Å²) < 4.78 is 17.9. The summed E-state index contributed by atoms with van der Waals surface area (Å²) in [6.45, 7) is 5.23. The number of hydrogen-bond donors (Lipinski definition) is 3. The van der Waals surface area contributed by atoms with Crippen molar-refractivity contribution in [3.05, 3.63) is 30.0 Å². The van der Waals surface area contributed by atoms with Gasteiger partial charge in [-0.15, -0.1) is 0 Å². The van der Waals surface area contributed by atoms with E-state index in [1.165, 1.54) is 0 Å². The quantitative estimate of drug-likeness (QED) is 0.414. The van der Waals surface area contributed by atoms with Gasteiger partial charge >= 0.3 is 5.97 Å². The van der Waals surface area contributed by atoms with Crippen molar-refractivity contribution in [2.45, 2.75) is 56.4 Å². The van der Waals surface area contributed by atoms with Crippen LogP contribution >= 0.6 is 0 Å². The fraction of sp³-hybridized carbons (Fsp3) is 0.560. The third-order valence-electron chi connectivity index (χ3n) is 7.11. The van der Waals surface area contributed by atoms with Crippen LogP contribution < -0.4 is 4.74 Å². The molecule has 3 N–H and O–H groups in total. The molecule has 194 valence electrons. The van der Waals surface area contributed by atoms with Crippen molar-refractivity contribution in [2.24, 2.45) is 7.05 Å². The van der Waals surface area contributed by atoms with Crippen LogP contribution in [0.5, 0.6) is 5.88 Å². The van der Waals surface area contributed by atoms with Gasteiger partial charge in [0.1, 0.15) is 18.3 Å². The lowest BCUT2D eigenvalue weighted by atomic mass is 9.98. The molecule has 2 aliphatic heterocycles. The van der Waals surface area contributed by atoms with Gasteiger partial charge in [-0.1, -0.05) is 25.1 Å². The number of rotatable bonds is 6. The van der Waals surface area contributed by atoms with Gasteiger partial charge in [0.15, 0.2) is 11.8 Å². The van der Waals surface area contributed by atoms with Crippen molar-refractivity contribution < 1.29 is 34.3 Å². The van der Waals surface area contributed by atoms with E-state index < -0.39 is 36.7 Å². The number of aliphatic hydroxyl groups excluding tert-OH is 3. The van der Waals surface area contributed by atoms with E-state index >= 15 is 0 Å². The molecule has 0 amide bonds. The van der Waals surface area contributed by atoms with Crippen LogP contribution in [-0.2, 0) is 21.3 Å². The summed E-state index contributed by atoms with van der Waals surface area (Å²) in [5, 5.41) is 38.4. The standard InChI is InChI=1S/C25H32N4O7/c1-4-10-29-11-9-13(12-29)17-16-14-7-5-6-8-15(14)23(26-22(16)28(2)27-17)36-25-20(32)18(30)19(31)21(35-25)24(33)34-3/h5-8,13,18-21,25,30-32H,4,9-12H2,1-3H3/t13?,18-,19-,20+,21-,25-/m0/s1. The topological polar surface area (TPSA) is 139 Å². The Morgan fingerprint density at radius 3 is 2.64 bits per heavy atom. The van der Waals surface area contributed by atoms with Gasteiger partial charge < -0.3 is 34.4 Å². The van der Waals surface area contributed by atoms with Gasteiger partial charge in [-0.05, 0) is 37.4 Å². The number of aryl methyl sites for hydroxylation is 1. The molecule has 5 rings (SSSR count). The molecule has 36 heavy (non-hydrogen) atoms. The average molecular weight is 501 g/mol. The molecule has 2 saturated heterocycles. The molecular weight excluding hydrogens is 468 g/mol. The summed E-state index contributed by atoms with van der Waals surface area (Å²) in [6.07, 6.45) is -5.83. The molecule has 2 aliphatic rings. The van der Waals surface area contributed by atoms with Crippen LogP contribution in [0.1, 0.15) is 31.4 Å². The van der Waals surface area contributed by atoms with E-state index in [4.69, 9.17) is 19.6 Å². The summed E-state index contributed by atoms with van der Waals surface area (Å²) in [6, 6.07) is 7.61. The molecule has 2 aromatic heterocycles. The van der Waals surface area contributed by atoms with Gasteiger partial charge in [-0.2, -0.15) is 10.1 Å². The molecular formula is C25H32N4O7. The number of aliphatic hydroxyl groups is 3. The van der Waals surface area contributed by atoms with E-state index in [1.807, 2.05) is 31.3 Å². The minimum absolute atomic E-state index is 0.155. The van der Waals surface area contributed by atoms with Crippen molar-refractivity contribution in [3.8, 4) is 5.88 Å². The fourth-order valence-corrected chi connectivity index (χ4v) is 5.28. The molecule has 6 atom stereocenters. The highest BCUT2D eigenvalue weighted by atomic mass is 16.7. The molecule has 11 nitrogen and oxygen atoms in total. The number of likely N-dealkylation sites (tertiary alicyclic amines) is 1. The number of esters is 1. The Hall–Kier alpha value is -2.83. The van der Waals surface area contributed by atoms with Crippen molar-refractivity contribution >= 4 is 27.8 Å². The van der Waals surface area contributed by atoms with E-state index in [-0.39, 0.29) is 11.8 Å². The largest absolute Gasteiger partial charge is 0.467 e. The highest BCUT2D eigenvalue weighted by Crippen LogP contribution is 2.38. The molecule has 3 aromatic rings. The second-order valence-electron chi connectivity index (χ2n) is 9.49. The fourth-order valence-electron chi connectivity index (χ4n) is 5.28. The molecule has 0 bridgehead atoms. The van der Waals surface area contributed by atoms with Crippen molar-refractivity contribution in [3.63, 3.8) is 0 Å². The lowest BCUT2D eigenvalue weighted by Crippen LogP contribution is -2.61. The number of pyridine rings is 1. The maximum Gasteiger partial charge on any atom is 0.337 e. The first-order valence-electron chi connectivity index (χ1n) is 12.3. The number of methoxy groups -OCH3 is 1. The van der Waals surface area contributed by atoms with E-state index in [9.17, 15) is 20.1 Å². The monoisotopic (exact) mass is 500 g/mol. The number of carbonyl (C=O) groups excluding carboxylic acids is 1. The highest BCUT2D eigenvalue weighted by Gasteiger charge is 2.48. The first-order chi connectivity index (χ1) is 17.3. The first kappa shape index (κ1) is 24.8. The molecule has 0 spiro atoms. The first-order valence-corrected chi connectivity index (χ1v) is 12.3. The summed E-state index contributed by atoms with van der Waals surface area (Å²) in [4.78, 5) is 19.2. The van der Waals surface area contributed by atoms with Gasteiger partial charge in [0.2, 0.25) is 12.2 Å². The summed E-state index contributed by atoms with van der Waals surface area (Å²) in [7, 11) is 2.97. The zero-order valence-corrected chi connectivity index (χ0v) is 20.6. The van der Waals surface area contributed by atoms with E-state index in [0.717, 1.165) is 56.1 Å². The van der Waals surface area contributed by atoms with Crippen molar-refractivity contribution in [1.82, 2.24) is 19.7 Å². The molecule has 0 aliphatic carbocycles. The number of benzene rings is 1. The Kier molecular flexibility index (Phi) is 6.84. The van der Waals surface area contributed by atoms with E-state index in [0.29, 0.717) is 11.0 Å². The smallest absolute Gasteiger partial charge is 0.337 e. The van der Waals surface area contributed by atoms with Gasteiger partial charge in [-0.3, -0.25) is 4.68 Å². The lowest BCUT2D eigenvalue weighted by molar-refractivity contribution is -0.272. The Labute approximate surface area is 208 Å². The predicted molar refractivity (Wildman–Crippen MR) is 129 cm³/mol. The van der Waals surface area contributed by atoms with Crippen LogP contribution in [0.25, 0.3) is 21.8 Å². The van der Waals surface area contributed by atoms with Crippen molar-refractivity contribution in [2.75, 3.05) is 26.7 Å². The Morgan fingerprint density at radius 1 is 1.17 bits per heavy atom. The Balaban J connectivity index is 1.54. The second-order valence-corrected chi connectivity index (χ2v) is 9.49. The summed E-state index contributed by atoms with van der Waals surface area (Å²) in [5.74, 6) is -0.443. The van der Waals surface area contributed by atoms with Gasteiger partial charge in [-0.25, -0.2) is 4.79 Å². The van der Waals surface area contributed by atoms with Crippen molar-refractivity contribution in [1.29, 1.82) is 0 Å². The Bertz CT molecular complexity index is 1260. The summed E-state index contributed by atoms with van der Waals surface area (Å²) >= 11 is 0. The van der Waals surface area contributed by atoms with Crippen LogP contribution in [0.3, 0.4) is 0 Å². The molecule has 1 unspecified atom stereocenters. The average Bonchev–Trinajstić information content (AvgIpc) is 3.48. The zero-order chi connectivity index (χ0) is 25.6. The van der Waals surface area contributed by atoms with Crippen LogP contribution in [0.4, 0.5) is 0 Å². The number of nitrogens with zero attached hydrogens (tertiary/aromatic N) is 4. The van der Waals surface area contributed by atoms with Crippen LogP contribution in [0.15, 0.2) is 24.3 Å². The molecule has 2 fully saturated rings. The van der Waals surface area contributed by atoms with Gasteiger partial charge in [0, 0.05) is 24.9 Å². The molecule has 4 heterocycles. The normalized spacial score (nSPS) is 29.2. The molecule has 1 aromatic carbocycles. The number of fused-ring (bicyclic) bond motifs is 3. The summed E-state index contributed by atoms with van der Waals surface area (Å²) in [5.41, 5.74) is 1.61. The molecule has 11 heteroatoms. The van der Waals surface area contributed by atoms with E-state index in [1.54, 1.807) is 4.68 Å². The van der Waals surface area contributed by atoms with Gasteiger partial charge in [0.05, 0.1) is 18.2 Å². The number of ether oxygens (including phenoxy) is 3. The Morgan fingerprint density at radius 2 is 1.92 bits per heavy atom. The zero-order valence-electron chi connectivity index (χ0n) is 20.6. The lowest BCUT2D eigenvalue weighted by Gasteiger charge is -2.38. The molecule has 0 radical (unpaired) electrons. The van der Waals surface area contributed by atoms with Crippen LogP contribution in [0.2, 0.25) is 0 Å². The minimum atomic E-state index is -1.68. The van der Waals surface area contributed by atoms with Gasteiger partial charge in [0.25, 0.3) is 0 Å². The minimum Gasteiger partial charge on any atom is -0.467 e. The highest BCUT2D eigenvalue weighted by molar-refractivity contribution is 6.08. The number of carbonyl (C=O) groups is 1. The van der Waals surface area contributed by atoms with Crippen LogP contribution in [0, 0.1) is 0 Å². The third kappa shape index (κ3) is 4.20.